The monoisotopic (exact) mass is 579 g/mol. The molecule has 1 fully saturated rings. The lowest BCUT2D eigenvalue weighted by molar-refractivity contribution is -0.149. The molecule has 1 saturated heterocycles. The van der Waals surface area contributed by atoms with Gasteiger partial charge in [0.25, 0.3) is 0 Å². The van der Waals surface area contributed by atoms with E-state index in [-0.39, 0.29) is 23.7 Å². The molecule has 6 atom stereocenters. The quantitative estimate of drug-likeness (QED) is 0.177. The molecule has 0 aliphatic carbocycles. The van der Waals surface area contributed by atoms with Gasteiger partial charge in [-0.2, -0.15) is 15.1 Å². The fourth-order valence-corrected chi connectivity index (χ4v) is 5.49. The summed E-state index contributed by atoms with van der Waals surface area (Å²) in [6.45, 7) is 6.59. The van der Waals surface area contributed by atoms with Gasteiger partial charge in [-0.25, -0.2) is 9.55 Å². The Balaban J connectivity index is 1.52. The summed E-state index contributed by atoms with van der Waals surface area (Å²) in [5.74, 6) is -0.252. The molecule has 0 amide bonds. The van der Waals surface area contributed by atoms with E-state index in [0.717, 1.165) is 0 Å². The van der Waals surface area contributed by atoms with Crippen molar-refractivity contribution in [3.05, 3.63) is 36.7 Å². The van der Waals surface area contributed by atoms with E-state index in [1.165, 1.54) is 17.8 Å². The average Bonchev–Trinajstić information content (AvgIpc) is 3.43. The van der Waals surface area contributed by atoms with E-state index in [4.69, 9.17) is 34.7 Å². The Morgan fingerprint density at radius 1 is 1.25 bits per heavy atom. The summed E-state index contributed by atoms with van der Waals surface area (Å²) < 4.78 is 43.3. The van der Waals surface area contributed by atoms with Gasteiger partial charge in [0.05, 0.1) is 31.7 Å². The molecule has 4 rings (SSSR count). The summed E-state index contributed by atoms with van der Waals surface area (Å²) in [5.41, 5.74) is 12.8. The molecule has 1 aromatic carbocycles. The largest absolute Gasteiger partial charge is 0.476 e. The van der Waals surface area contributed by atoms with Crippen LogP contribution in [0.15, 0.2) is 36.7 Å². The van der Waals surface area contributed by atoms with E-state index in [9.17, 15) is 14.5 Å². The second-order valence-electron chi connectivity index (χ2n) is 9.31. The number of fused-ring (bicyclic) bond motifs is 1. The number of aliphatic hydroxyl groups is 1. The summed E-state index contributed by atoms with van der Waals surface area (Å²) in [4.78, 5) is 25.0. The van der Waals surface area contributed by atoms with E-state index in [2.05, 4.69) is 20.0 Å². The zero-order valence-corrected chi connectivity index (χ0v) is 23.4. The lowest BCUT2D eigenvalue weighted by atomic mass is 10.1. The Kier molecular flexibility index (Phi) is 9.23. The maximum atomic E-state index is 13.8. The Labute approximate surface area is 230 Å². The lowest BCUT2D eigenvalue weighted by Gasteiger charge is -2.25. The van der Waals surface area contributed by atoms with Crippen LogP contribution >= 0.6 is 7.75 Å². The van der Waals surface area contributed by atoms with E-state index in [1.54, 1.807) is 51.1 Å². The first-order valence-electron chi connectivity index (χ1n) is 12.7. The maximum Gasteiger partial charge on any atom is 0.459 e. The molecule has 0 saturated carbocycles. The van der Waals surface area contributed by atoms with Crippen molar-refractivity contribution in [2.24, 2.45) is 5.73 Å². The number of benzene rings is 1. The van der Waals surface area contributed by atoms with Crippen molar-refractivity contribution in [3.8, 4) is 11.6 Å². The molecule has 1 aliphatic rings. The minimum Gasteiger partial charge on any atom is -0.476 e. The number of nitrogens with two attached hydrogens (primary N) is 2. The standard InChI is InChI=1S/C24H34N7O8P/c1-5-35-21-18-20(28-24(26)29-21)31(12-27-18)22-17(25)19(32)16(38-22)11-36-40(34,39-15-9-7-6-8-10-15)30-14(4)23(33)37-13(2)3/h6-10,12-14,16-17,19,22,32H,5,11,25H2,1-4H3,(H,30,34)(H2,26,28,29)/t14-,16-,17-,19-,22-,40-/m1/s1. The van der Waals surface area contributed by atoms with Crippen LogP contribution in [0.25, 0.3) is 11.2 Å². The zero-order chi connectivity index (χ0) is 29.0. The van der Waals surface area contributed by atoms with E-state index in [0.29, 0.717) is 17.8 Å². The van der Waals surface area contributed by atoms with Gasteiger partial charge in [-0.15, -0.1) is 0 Å². The van der Waals surface area contributed by atoms with Crippen LogP contribution in [0.5, 0.6) is 11.6 Å². The van der Waals surface area contributed by atoms with Crippen LogP contribution in [0.3, 0.4) is 0 Å². The van der Waals surface area contributed by atoms with Crippen molar-refractivity contribution in [2.45, 2.75) is 64.3 Å². The van der Waals surface area contributed by atoms with Crippen molar-refractivity contribution >= 4 is 30.8 Å². The van der Waals surface area contributed by atoms with Crippen LogP contribution in [0.1, 0.15) is 33.9 Å². The SMILES string of the molecule is CCOc1nc(N)nc2c1ncn2[C@@H]1O[C@H](CO[P@](=O)(N[C@H](C)C(=O)OC(C)C)Oc2ccccc2)[C@@H](O)[C@H]1N. The van der Waals surface area contributed by atoms with Crippen LogP contribution < -0.4 is 25.8 Å². The number of rotatable bonds is 12. The average molecular weight is 580 g/mol. The number of aromatic nitrogens is 4. The third-order valence-electron chi connectivity index (χ3n) is 5.82. The number of hydrogen-bond donors (Lipinski definition) is 4. The molecule has 3 heterocycles. The molecule has 0 radical (unpaired) electrons. The normalized spacial score (nSPS) is 23.2. The summed E-state index contributed by atoms with van der Waals surface area (Å²) in [6.07, 6.45) is -2.15. The molecule has 0 unspecified atom stereocenters. The molecule has 0 spiro atoms. The van der Waals surface area contributed by atoms with Gasteiger partial charge >= 0.3 is 13.7 Å². The first kappa shape index (κ1) is 29.6. The second kappa shape index (κ2) is 12.5. The van der Waals surface area contributed by atoms with Crippen LogP contribution in [-0.4, -0.2) is 74.2 Å². The molecule has 6 N–H and O–H groups in total. The third-order valence-corrected chi connectivity index (χ3v) is 7.46. The highest BCUT2D eigenvalue weighted by molar-refractivity contribution is 7.52. The molecular formula is C24H34N7O8P. The summed E-state index contributed by atoms with van der Waals surface area (Å²) >= 11 is 0. The number of esters is 1. The second-order valence-corrected chi connectivity index (χ2v) is 11.0. The fraction of sp³-hybridized carbons (Fsp3) is 0.500. The Bertz CT molecular complexity index is 1360. The molecule has 16 heteroatoms. The summed E-state index contributed by atoms with van der Waals surface area (Å²) in [7, 11) is -4.19. The smallest absolute Gasteiger partial charge is 0.459 e. The number of para-hydroxylation sites is 1. The Morgan fingerprint density at radius 2 is 1.98 bits per heavy atom. The van der Waals surface area contributed by atoms with E-state index < -0.39 is 50.8 Å². The van der Waals surface area contributed by atoms with Crippen LogP contribution in [0.2, 0.25) is 0 Å². The van der Waals surface area contributed by atoms with Crippen molar-refractivity contribution in [2.75, 3.05) is 18.9 Å². The molecule has 1 aliphatic heterocycles. The maximum absolute atomic E-state index is 13.8. The first-order valence-corrected chi connectivity index (χ1v) is 14.2. The van der Waals surface area contributed by atoms with Crippen LogP contribution in [0.4, 0.5) is 5.95 Å². The van der Waals surface area contributed by atoms with Crippen molar-refractivity contribution in [3.63, 3.8) is 0 Å². The predicted molar refractivity (Wildman–Crippen MR) is 143 cm³/mol. The van der Waals surface area contributed by atoms with Gasteiger partial charge in [-0.3, -0.25) is 13.9 Å². The predicted octanol–water partition coefficient (Wildman–Crippen LogP) is 1.53. The molecule has 0 bridgehead atoms. The highest BCUT2D eigenvalue weighted by Gasteiger charge is 2.45. The number of nitrogen functional groups attached to an aromatic ring is 1. The summed E-state index contributed by atoms with van der Waals surface area (Å²) in [5, 5.41) is 13.5. The number of ether oxygens (including phenoxy) is 3. The number of carbonyl (C=O) groups excluding carboxylic acids is 1. The number of hydrogen-bond acceptors (Lipinski definition) is 13. The minimum absolute atomic E-state index is 0.0418. The third kappa shape index (κ3) is 6.69. The number of imidazole rings is 1. The number of nitrogens with zero attached hydrogens (tertiary/aromatic N) is 4. The molecule has 218 valence electrons. The van der Waals surface area contributed by atoms with Crippen LogP contribution in [-0.2, 0) is 23.4 Å². The van der Waals surface area contributed by atoms with Gasteiger partial charge in [0.1, 0.15) is 24.0 Å². The fourth-order valence-electron chi connectivity index (χ4n) is 3.99. The van der Waals surface area contributed by atoms with Gasteiger partial charge < -0.3 is 35.3 Å². The van der Waals surface area contributed by atoms with Gasteiger partial charge in [0.15, 0.2) is 17.4 Å². The van der Waals surface area contributed by atoms with Gasteiger partial charge in [-0.05, 0) is 39.8 Å². The number of nitrogens with one attached hydrogen (secondary N) is 1. The van der Waals surface area contributed by atoms with Gasteiger partial charge in [-0.1, -0.05) is 18.2 Å². The molecule has 15 nitrogen and oxygen atoms in total. The Hall–Kier alpha value is -3.33. The van der Waals surface area contributed by atoms with E-state index in [1.807, 2.05) is 0 Å². The minimum atomic E-state index is -4.19. The zero-order valence-electron chi connectivity index (χ0n) is 22.5. The highest BCUT2D eigenvalue weighted by atomic mass is 31.2. The van der Waals surface area contributed by atoms with Gasteiger partial charge in [0, 0.05) is 0 Å². The molecule has 3 aromatic rings. The topological polar surface area (TPSA) is 208 Å². The number of aliphatic hydroxyl groups excluding tert-OH is 1. The number of anilines is 1. The lowest BCUT2D eigenvalue weighted by Crippen LogP contribution is -2.41. The molecular weight excluding hydrogens is 545 g/mol. The van der Waals surface area contributed by atoms with Crippen molar-refractivity contribution in [1.29, 1.82) is 0 Å². The van der Waals surface area contributed by atoms with Crippen molar-refractivity contribution in [1.82, 2.24) is 24.6 Å². The van der Waals surface area contributed by atoms with Crippen molar-refractivity contribution < 1.29 is 37.7 Å². The first-order chi connectivity index (χ1) is 19.0. The van der Waals surface area contributed by atoms with Gasteiger partial charge in [0.2, 0.25) is 11.8 Å². The van der Waals surface area contributed by atoms with E-state index >= 15 is 0 Å². The molecule has 40 heavy (non-hydrogen) atoms. The summed E-state index contributed by atoms with van der Waals surface area (Å²) in [6, 6.07) is 6.31. The Morgan fingerprint density at radius 3 is 2.65 bits per heavy atom. The number of carbonyl (C=O) groups is 1. The van der Waals surface area contributed by atoms with Crippen LogP contribution in [0, 0.1) is 0 Å². The highest BCUT2D eigenvalue weighted by Crippen LogP contribution is 2.46. The molecule has 2 aromatic heterocycles.